The molecule has 2 unspecified atom stereocenters. The third kappa shape index (κ3) is 5.89. The molecule has 0 radical (unpaired) electrons. The van der Waals surface area contributed by atoms with Gasteiger partial charge in [-0.05, 0) is 55.3 Å². The first kappa shape index (κ1) is 26.9. The van der Waals surface area contributed by atoms with E-state index >= 15 is 0 Å². The molecule has 2 atom stereocenters. The molecule has 6 rings (SSSR count). The van der Waals surface area contributed by atoms with E-state index in [4.69, 9.17) is 16.3 Å². The second-order valence-electron chi connectivity index (χ2n) is 10.6. The summed E-state index contributed by atoms with van der Waals surface area (Å²) < 4.78 is 47.2. The number of benzene rings is 3. The van der Waals surface area contributed by atoms with Crippen LogP contribution in [-0.4, -0.2) is 53.1 Å². The van der Waals surface area contributed by atoms with Crippen molar-refractivity contribution in [3.05, 3.63) is 94.6 Å². The van der Waals surface area contributed by atoms with Gasteiger partial charge in [0.25, 0.3) is 0 Å². The number of hydrogen-bond donors (Lipinski definition) is 1. The van der Waals surface area contributed by atoms with E-state index in [1.807, 2.05) is 49.4 Å². The number of ether oxygens (including phenoxy) is 1. The van der Waals surface area contributed by atoms with Crippen molar-refractivity contribution < 1.29 is 17.9 Å². The van der Waals surface area contributed by atoms with Crippen LogP contribution in [0.1, 0.15) is 23.2 Å². The van der Waals surface area contributed by atoms with Gasteiger partial charge in [-0.25, -0.2) is 0 Å². The van der Waals surface area contributed by atoms with Gasteiger partial charge >= 0.3 is 6.18 Å². The standard InChI is InChI=1S/C31H30ClF3N4O/c1-20-12-30(28-4-2-3-5-29(28)36-20)37-24-13-22(31(33,34)35)14-27(15-24)40-11-10-38-18-26-16-25(38)19-39(26)17-21-6-8-23(32)9-7-21/h2-9,12-15,25-26H,10-11,16-19H2,1H3,(H,36,37). The van der Waals surface area contributed by atoms with Gasteiger partial charge in [-0.1, -0.05) is 41.9 Å². The van der Waals surface area contributed by atoms with Crippen LogP contribution in [0.2, 0.25) is 5.02 Å². The Morgan fingerprint density at radius 1 is 0.975 bits per heavy atom. The minimum Gasteiger partial charge on any atom is -0.492 e. The highest BCUT2D eigenvalue weighted by Gasteiger charge is 2.42. The van der Waals surface area contributed by atoms with Crippen LogP contribution in [0.25, 0.3) is 10.9 Å². The number of nitrogens with zero attached hydrogens (tertiary/aromatic N) is 3. The van der Waals surface area contributed by atoms with E-state index in [0.29, 0.717) is 36.6 Å². The first-order chi connectivity index (χ1) is 19.2. The molecule has 0 spiro atoms. The zero-order valence-corrected chi connectivity index (χ0v) is 22.8. The summed E-state index contributed by atoms with van der Waals surface area (Å²) in [6.45, 7) is 5.66. The summed E-state index contributed by atoms with van der Waals surface area (Å²) in [6, 6.07) is 22.1. The molecule has 2 bridgehead atoms. The Bertz CT molecular complexity index is 1510. The molecular weight excluding hydrogens is 537 g/mol. The molecule has 2 fully saturated rings. The normalized spacial score (nSPS) is 19.4. The van der Waals surface area contributed by atoms with Gasteiger partial charge in [0.1, 0.15) is 12.4 Å². The molecule has 40 heavy (non-hydrogen) atoms. The molecule has 4 aromatic rings. The van der Waals surface area contributed by atoms with Crippen molar-refractivity contribution in [1.82, 2.24) is 14.8 Å². The van der Waals surface area contributed by atoms with Crippen LogP contribution < -0.4 is 10.1 Å². The summed E-state index contributed by atoms with van der Waals surface area (Å²) in [5, 5.41) is 4.75. The maximum Gasteiger partial charge on any atom is 0.416 e. The van der Waals surface area contributed by atoms with Crippen molar-refractivity contribution in [2.75, 3.05) is 31.6 Å². The minimum atomic E-state index is -4.49. The fraction of sp³-hybridized carbons (Fsp3) is 0.323. The lowest BCUT2D eigenvalue weighted by atomic mass is 10.1. The number of aromatic nitrogens is 1. The Balaban J connectivity index is 1.11. The van der Waals surface area contributed by atoms with E-state index < -0.39 is 11.7 Å². The zero-order valence-electron chi connectivity index (χ0n) is 22.1. The lowest BCUT2D eigenvalue weighted by Crippen LogP contribution is -2.47. The molecule has 0 aliphatic carbocycles. The second-order valence-corrected chi connectivity index (χ2v) is 11.1. The smallest absolute Gasteiger partial charge is 0.416 e. The molecule has 5 nitrogen and oxygen atoms in total. The number of anilines is 2. The number of halogens is 4. The van der Waals surface area contributed by atoms with Crippen molar-refractivity contribution in [1.29, 1.82) is 0 Å². The summed E-state index contributed by atoms with van der Waals surface area (Å²) in [7, 11) is 0. The quantitative estimate of drug-likeness (QED) is 0.242. The Morgan fingerprint density at radius 2 is 1.73 bits per heavy atom. The predicted molar refractivity (Wildman–Crippen MR) is 152 cm³/mol. The topological polar surface area (TPSA) is 40.6 Å². The van der Waals surface area contributed by atoms with E-state index in [9.17, 15) is 13.2 Å². The lowest BCUT2D eigenvalue weighted by Gasteiger charge is -2.34. The molecule has 2 aliphatic rings. The third-order valence-electron chi connectivity index (χ3n) is 7.77. The van der Waals surface area contributed by atoms with Gasteiger partial charge in [0.05, 0.1) is 11.1 Å². The van der Waals surface area contributed by atoms with Crippen molar-refractivity contribution in [2.45, 2.75) is 38.1 Å². The van der Waals surface area contributed by atoms with Gasteiger partial charge in [-0.2, -0.15) is 13.2 Å². The number of nitrogens with one attached hydrogen (secondary N) is 1. The molecule has 0 amide bonds. The highest BCUT2D eigenvalue weighted by Crippen LogP contribution is 2.36. The van der Waals surface area contributed by atoms with Gasteiger partial charge in [0.2, 0.25) is 0 Å². The predicted octanol–water partition coefficient (Wildman–Crippen LogP) is 7.30. The largest absolute Gasteiger partial charge is 0.492 e. The van der Waals surface area contributed by atoms with E-state index in [2.05, 4.69) is 32.2 Å². The number of para-hydroxylation sites is 1. The average Bonchev–Trinajstić information content (AvgIpc) is 3.50. The Morgan fingerprint density at radius 3 is 2.48 bits per heavy atom. The number of hydrogen-bond acceptors (Lipinski definition) is 5. The Kier molecular flexibility index (Phi) is 7.33. The Labute approximate surface area is 236 Å². The van der Waals surface area contributed by atoms with Crippen molar-refractivity contribution in [2.24, 2.45) is 0 Å². The van der Waals surface area contributed by atoms with Crippen LogP contribution in [0.4, 0.5) is 24.5 Å². The van der Waals surface area contributed by atoms with E-state index in [0.717, 1.165) is 59.8 Å². The number of rotatable bonds is 8. The van der Waals surface area contributed by atoms with Crippen LogP contribution in [0.5, 0.6) is 5.75 Å². The summed E-state index contributed by atoms with van der Waals surface area (Å²) in [5.41, 5.74) is 3.07. The summed E-state index contributed by atoms with van der Waals surface area (Å²) in [5.74, 6) is 0.195. The average molecular weight is 567 g/mol. The molecule has 2 aliphatic heterocycles. The summed E-state index contributed by atoms with van der Waals surface area (Å²) >= 11 is 6.01. The van der Waals surface area contributed by atoms with Crippen LogP contribution in [0, 0.1) is 6.92 Å². The maximum absolute atomic E-state index is 13.8. The molecule has 2 saturated heterocycles. The number of aryl methyl sites for hydroxylation is 1. The van der Waals surface area contributed by atoms with E-state index in [1.54, 1.807) is 6.07 Å². The SMILES string of the molecule is Cc1cc(Nc2cc(OCCN3CC4CC3CN4Cc3ccc(Cl)cc3)cc(C(F)(F)F)c2)c2ccccc2n1. The molecule has 9 heteroatoms. The maximum atomic E-state index is 13.8. The lowest BCUT2D eigenvalue weighted by molar-refractivity contribution is -0.137. The van der Waals surface area contributed by atoms with Crippen LogP contribution >= 0.6 is 11.6 Å². The van der Waals surface area contributed by atoms with Crippen molar-refractivity contribution >= 4 is 33.9 Å². The van der Waals surface area contributed by atoms with Gasteiger partial charge in [0.15, 0.2) is 0 Å². The first-order valence-corrected chi connectivity index (χ1v) is 13.8. The fourth-order valence-corrected chi connectivity index (χ4v) is 6.02. The Hall–Kier alpha value is -3.33. The van der Waals surface area contributed by atoms with E-state index in [1.165, 1.54) is 5.56 Å². The molecule has 208 valence electrons. The molecule has 0 saturated carbocycles. The van der Waals surface area contributed by atoms with Gasteiger partial charge < -0.3 is 10.1 Å². The highest BCUT2D eigenvalue weighted by molar-refractivity contribution is 6.30. The second kappa shape index (κ2) is 10.9. The third-order valence-corrected chi connectivity index (χ3v) is 8.02. The van der Waals surface area contributed by atoms with Crippen LogP contribution in [0.15, 0.2) is 72.8 Å². The van der Waals surface area contributed by atoms with Crippen LogP contribution in [-0.2, 0) is 12.7 Å². The van der Waals surface area contributed by atoms with Gasteiger partial charge in [-0.3, -0.25) is 14.8 Å². The minimum absolute atomic E-state index is 0.195. The number of pyridine rings is 1. The molecule has 1 N–H and O–H groups in total. The summed E-state index contributed by atoms with van der Waals surface area (Å²) in [6.07, 6.45) is -3.39. The van der Waals surface area contributed by atoms with Crippen molar-refractivity contribution in [3.63, 3.8) is 0 Å². The van der Waals surface area contributed by atoms with Crippen molar-refractivity contribution in [3.8, 4) is 5.75 Å². The number of alkyl halides is 3. The highest BCUT2D eigenvalue weighted by atomic mass is 35.5. The molecule has 1 aromatic heterocycles. The van der Waals surface area contributed by atoms with E-state index in [-0.39, 0.29) is 5.75 Å². The van der Waals surface area contributed by atoms with Gasteiger partial charge in [0, 0.05) is 71.8 Å². The number of likely N-dealkylation sites (tertiary alicyclic amines) is 2. The molecule has 3 heterocycles. The monoisotopic (exact) mass is 566 g/mol. The van der Waals surface area contributed by atoms with Crippen LogP contribution in [0.3, 0.4) is 0 Å². The fourth-order valence-electron chi connectivity index (χ4n) is 5.89. The first-order valence-electron chi connectivity index (χ1n) is 13.4. The number of piperazine rings is 1. The zero-order chi connectivity index (χ0) is 27.9. The van der Waals surface area contributed by atoms with Gasteiger partial charge in [-0.15, -0.1) is 0 Å². The molecule has 3 aromatic carbocycles. The number of fused-ring (bicyclic) bond motifs is 3. The molecular formula is C31H30ClF3N4O. The summed E-state index contributed by atoms with van der Waals surface area (Å²) in [4.78, 5) is 9.41.